The molecule has 3 nitrogen and oxygen atoms in total. The third-order valence-corrected chi connectivity index (χ3v) is 5.20. The highest BCUT2D eigenvalue weighted by Gasteiger charge is 2.52. The van der Waals surface area contributed by atoms with Crippen LogP contribution in [0.1, 0.15) is 40.5 Å². The van der Waals surface area contributed by atoms with E-state index in [1.165, 1.54) is 0 Å². The topological polar surface area (TPSA) is 37.4 Å². The molecule has 0 unspecified atom stereocenters. The van der Waals surface area contributed by atoms with E-state index in [0.717, 1.165) is 18.6 Å². The predicted octanol–water partition coefficient (Wildman–Crippen LogP) is 2.30. The van der Waals surface area contributed by atoms with E-state index in [4.69, 9.17) is 0 Å². The molecule has 2 fully saturated rings. The van der Waals surface area contributed by atoms with Gasteiger partial charge in [0, 0.05) is 5.92 Å². The maximum absolute atomic E-state index is 12.4. The number of hydrogen-bond donors (Lipinski definition) is 0. The number of Topliss-reactive ketones (excluding diaryl/α,β-unsaturated/α-hetero) is 1. The molecule has 0 bridgehead atoms. The van der Waals surface area contributed by atoms with Crippen LogP contribution in [0.25, 0.3) is 0 Å². The van der Waals surface area contributed by atoms with Crippen molar-refractivity contribution in [2.24, 2.45) is 11.3 Å². The minimum absolute atomic E-state index is 0.0586. The average Bonchev–Trinajstić information content (AvgIpc) is 2.40. The smallest absolute Gasteiger partial charge is 0.226 e. The van der Waals surface area contributed by atoms with E-state index >= 15 is 0 Å². The van der Waals surface area contributed by atoms with Gasteiger partial charge in [0.25, 0.3) is 0 Å². The Morgan fingerprint density at radius 1 is 1.47 bits per heavy atom. The molecule has 0 aromatic rings. The van der Waals surface area contributed by atoms with Crippen molar-refractivity contribution in [1.29, 1.82) is 0 Å². The van der Waals surface area contributed by atoms with Crippen molar-refractivity contribution in [2.45, 2.75) is 52.0 Å². The molecule has 0 aromatic heterocycles. The van der Waals surface area contributed by atoms with E-state index in [-0.39, 0.29) is 34.4 Å². The Hall–Kier alpha value is -0.510. The fraction of sp³-hybridized carbons (Fsp3) is 0.846. The van der Waals surface area contributed by atoms with Gasteiger partial charge in [-0.05, 0) is 30.9 Å². The molecule has 0 aliphatic carbocycles. The zero-order chi connectivity index (χ0) is 12.8. The van der Waals surface area contributed by atoms with Gasteiger partial charge in [-0.3, -0.25) is 9.59 Å². The van der Waals surface area contributed by atoms with Crippen molar-refractivity contribution in [2.75, 3.05) is 5.75 Å². The SMILES string of the molecule is CC(=O)[C@H]1N2C(=O)[C@@H](C)CCS[C@H]2CC1(C)C. The van der Waals surface area contributed by atoms with E-state index in [1.807, 2.05) is 23.6 Å². The monoisotopic (exact) mass is 255 g/mol. The predicted molar refractivity (Wildman–Crippen MR) is 69.7 cm³/mol. The van der Waals surface area contributed by atoms with Crippen LogP contribution < -0.4 is 0 Å². The second-order valence-electron chi connectivity index (χ2n) is 5.97. The second kappa shape index (κ2) is 4.30. The lowest BCUT2D eigenvalue weighted by molar-refractivity contribution is -0.142. The van der Waals surface area contributed by atoms with Crippen LogP contribution >= 0.6 is 11.8 Å². The van der Waals surface area contributed by atoms with Gasteiger partial charge in [0.2, 0.25) is 5.91 Å². The van der Waals surface area contributed by atoms with Crippen LogP contribution in [-0.2, 0) is 9.59 Å². The van der Waals surface area contributed by atoms with Gasteiger partial charge in [-0.15, -0.1) is 11.8 Å². The third-order valence-electron chi connectivity index (χ3n) is 3.95. The van der Waals surface area contributed by atoms with Crippen molar-refractivity contribution in [1.82, 2.24) is 4.90 Å². The molecule has 2 aliphatic rings. The van der Waals surface area contributed by atoms with Crippen molar-refractivity contribution in [3.63, 3.8) is 0 Å². The number of ketones is 1. The highest BCUT2D eigenvalue weighted by atomic mass is 32.2. The quantitative estimate of drug-likeness (QED) is 0.721. The largest absolute Gasteiger partial charge is 0.320 e. The van der Waals surface area contributed by atoms with Crippen LogP contribution in [0.5, 0.6) is 0 Å². The van der Waals surface area contributed by atoms with E-state index in [2.05, 4.69) is 13.8 Å². The van der Waals surface area contributed by atoms with Crippen molar-refractivity contribution in [3.8, 4) is 0 Å². The summed E-state index contributed by atoms with van der Waals surface area (Å²) in [5.74, 6) is 1.38. The summed E-state index contributed by atoms with van der Waals surface area (Å²) in [5.41, 5.74) is -0.0871. The summed E-state index contributed by atoms with van der Waals surface area (Å²) in [5, 5.41) is 0.205. The van der Waals surface area contributed by atoms with Gasteiger partial charge < -0.3 is 4.90 Å². The van der Waals surface area contributed by atoms with E-state index in [0.29, 0.717) is 0 Å². The van der Waals surface area contributed by atoms with E-state index < -0.39 is 0 Å². The van der Waals surface area contributed by atoms with E-state index in [9.17, 15) is 9.59 Å². The molecule has 2 aliphatic heterocycles. The normalized spacial score (nSPS) is 36.6. The molecule has 0 spiro atoms. The molecular formula is C13H21NO2S. The Balaban J connectivity index is 2.37. The molecule has 1 amide bonds. The summed E-state index contributed by atoms with van der Waals surface area (Å²) in [7, 11) is 0. The van der Waals surface area contributed by atoms with Gasteiger partial charge >= 0.3 is 0 Å². The number of rotatable bonds is 1. The Labute approximate surface area is 107 Å². The highest BCUT2D eigenvalue weighted by molar-refractivity contribution is 7.99. The van der Waals surface area contributed by atoms with Crippen LogP contribution in [0, 0.1) is 11.3 Å². The minimum atomic E-state index is -0.229. The molecule has 2 saturated heterocycles. The summed E-state index contributed by atoms with van der Waals surface area (Å²) >= 11 is 1.84. The zero-order valence-electron chi connectivity index (χ0n) is 11.0. The standard InChI is InChI=1S/C13H21NO2S/c1-8-5-6-17-10-7-13(3,4)11(9(2)15)14(10)12(8)16/h8,10-11H,5-7H2,1-4H3/t8-,10-,11+/m0/s1. The molecule has 0 N–H and O–H groups in total. The van der Waals surface area contributed by atoms with Gasteiger partial charge in [0.1, 0.15) is 0 Å². The fourth-order valence-corrected chi connectivity index (χ4v) is 4.81. The summed E-state index contributed by atoms with van der Waals surface area (Å²) in [4.78, 5) is 26.1. The lowest BCUT2D eigenvalue weighted by atomic mass is 9.82. The number of fused-ring (bicyclic) bond motifs is 1. The zero-order valence-corrected chi connectivity index (χ0v) is 11.8. The van der Waals surface area contributed by atoms with Crippen LogP contribution in [0.4, 0.5) is 0 Å². The van der Waals surface area contributed by atoms with E-state index in [1.54, 1.807) is 6.92 Å². The molecule has 2 heterocycles. The van der Waals surface area contributed by atoms with Gasteiger partial charge in [-0.2, -0.15) is 0 Å². The number of carbonyl (C=O) groups excluding carboxylic acids is 2. The lowest BCUT2D eigenvalue weighted by Gasteiger charge is -2.32. The van der Waals surface area contributed by atoms with Crippen molar-refractivity contribution in [3.05, 3.63) is 0 Å². The van der Waals surface area contributed by atoms with Crippen molar-refractivity contribution >= 4 is 23.5 Å². The summed E-state index contributed by atoms with van der Waals surface area (Å²) in [6.45, 7) is 7.80. The first kappa shape index (κ1) is 12.9. The number of hydrogen-bond acceptors (Lipinski definition) is 3. The molecular weight excluding hydrogens is 234 g/mol. The molecule has 3 atom stereocenters. The molecule has 0 saturated carbocycles. The molecule has 2 rings (SSSR count). The second-order valence-corrected chi connectivity index (χ2v) is 7.25. The summed E-state index contributed by atoms with van der Waals surface area (Å²) in [6.07, 6.45) is 1.86. The first-order chi connectivity index (χ1) is 7.84. The van der Waals surface area contributed by atoms with Crippen LogP contribution in [0.15, 0.2) is 0 Å². The third kappa shape index (κ3) is 2.12. The van der Waals surface area contributed by atoms with Crippen LogP contribution in [0.3, 0.4) is 0 Å². The number of nitrogens with zero attached hydrogens (tertiary/aromatic N) is 1. The number of carbonyl (C=O) groups is 2. The van der Waals surface area contributed by atoms with Crippen LogP contribution in [0.2, 0.25) is 0 Å². The average molecular weight is 255 g/mol. The van der Waals surface area contributed by atoms with Gasteiger partial charge in [0.05, 0.1) is 11.4 Å². The Kier molecular flexibility index (Phi) is 3.27. The fourth-order valence-electron chi connectivity index (χ4n) is 3.12. The maximum atomic E-state index is 12.4. The summed E-state index contributed by atoms with van der Waals surface area (Å²) in [6, 6.07) is -0.229. The van der Waals surface area contributed by atoms with Crippen LogP contribution in [-0.4, -0.2) is 33.8 Å². The molecule has 0 aromatic carbocycles. The Morgan fingerprint density at radius 2 is 2.12 bits per heavy atom. The highest BCUT2D eigenvalue weighted by Crippen LogP contribution is 2.46. The maximum Gasteiger partial charge on any atom is 0.226 e. The minimum Gasteiger partial charge on any atom is -0.320 e. The van der Waals surface area contributed by atoms with Gasteiger partial charge in [0.15, 0.2) is 5.78 Å². The summed E-state index contributed by atoms with van der Waals surface area (Å²) < 4.78 is 0. The van der Waals surface area contributed by atoms with Gasteiger partial charge in [-0.1, -0.05) is 20.8 Å². The first-order valence-electron chi connectivity index (χ1n) is 6.29. The molecule has 96 valence electrons. The lowest BCUT2D eigenvalue weighted by Crippen LogP contribution is -2.48. The van der Waals surface area contributed by atoms with Crippen molar-refractivity contribution < 1.29 is 9.59 Å². The molecule has 0 radical (unpaired) electrons. The molecule has 17 heavy (non-hydrogen) atoms. The molecule has 4 heteroatoms. The Morgan fingerprint density at radius 3 is 2.71 bits per heavy atom. The Bertz CT molecular complexity index is 353. The first-order valence-corrected chi connectivity index (χ1v) is 7.33. The number of amides is 1. The van der Waals surface area contributed by atoms with Gasteiger partial charge in [-0.25, -0.2) is 0 Å². The number of thioether (sulfide) groups is 1.